The van der Waals surface area contributed by atoms with Gasteiger partial charge in [-0.05, 0) is 29.4 Å². The highest BCUT2D eigenvalue weighted by molar-refractivity contribution is 6.29. The third-order valence-electron chi connectivity index (χ3n) is 3.75. The van der Waals surface area contributed by atoms with Crippen LogP contribution in [0.1, 0.15) is 31.7 Å². The smallest absolute Gasteiger partial charge is 0.285 e. The molecule has 1 aliphatic rings. The van der Waals surface area contributed by atoms with E-state index in [0.717, 1.165) is 12.0 Å². The maximum Gasteiger partial charge on any atom is 0.285 e. The molecule has 1 N–H and O–H groups in total. The van der Waals surface area contributed by atoms with Crippen molar-refractivity contribution in [3.63, 3.8) is 0 Å². The van der Waals surface area contributed by atoms with Gasteiger partial charge in [0.15, 0.2) is 0 Å². The van der Waals surface area contributed by atoms with Gasteiger partial charge in [0.2, 0.25) is 5.43 Å². The maximum atomic E-state index is 11.8. The van der Waals surface area contributed by atoms with E-state index in [9.17, 15) is 4.79 Å². The van der Waals surface area contributed by atoms with Crippen LogP contribution in [0, 0.1) is 5.41 Å². The fourth-order valence-electron chi connectivity index (χ4n) is 2.41. The van der Waals surface area contributed by atoms with Crippen molar-refractivity contribution in [2.24, 2.45) is 5.41 Å². The predicted molar refractivity (Wildman–Crippen MR) is 77.5 cm³/mol. The first-order valence-corrected chi connectivity index (χ1v) is 6.87. The Hall–Kier alpha value is -1.81. The minimum Gasteiger partial charge on any atom is -0.434 e. The average Bonchev–Trinajstić information content (AvgIpc) is 3.02. The van der Waals surface area contributed by atoms with Gasteiger partial charge in [-0.1, -0.05) is 43.6 Å². The number of aromatic amines is 1. The lowest BCUT2D eigenvalue weighted by molar-refractivity contribution is 0.442. The lowest BCUT2D eigenvalue weighted by atomic mass is 10.0. The molecule has 1 unspecified atom stereocenters. The summed E-state index contributed by atoms with van der Waals surface area (Å²) < 4.78 is 5.68. The molecule has 4 nitrogen and oxygen atoms in total. The summed E-state index contributed by atoms with van der Waals surface area (Å²) in [6.45, 7) is 4.45. The number of hydrogen-bond donors (Lipinski definition) is 1. The fourth-order valence-corrected chi connectivity index (χ4v) is 2.55. The molecule has 1 heterocycles. The molecule has 1 fully saturated rings. The minimum absolute atomic E-state index is 0.0142. The Kier molecular flexibility index (Phi) is 3.05. The van der Waals surface area contributed by atoms with Gasteiger partial charge in [-0.3, -0.25) is 9.89 Å². The number of nitrogens with zero attached hydrogens (tertiary/aromatic N) is 1. The molecule has 0 radical (unpaired) electrons. The monoisotopic (exact) mass is 290 g/mol. The molecule has 1 atom stereocenters. The van der Waals surface area contributed by atoms with Crippen molar-refractivity contribution < 1.29 is 4.74 Å². The van der Waals surface area contributed by atoms with Gasteiger partial charge in [0.05, 0.1) is 0 Å². The number of para-hydroxylation sites is 1. The van der Waals surface area contributed by atoms with Crippen LogP contribution in [-0.2, 0) is 0 Å². The number of rotatable bonds is 3. The van der Waals surface area contributed by atoms with Gasteiger partial charge in [-0.15, -0.1) is 5.10 Å². The Morgan fingerprint density at radius 3 is 2.75 bits per heavy atom. The summed E-state index contributed by atoms with van der Waals surface area (Å²) in [4.78, 5) is 11.8. The van der Waals surface area contributed by atoms with E-state index in [4.69, 9.17) is 16.3 Å². The van der Waals surface area contributed by atoms with Crippen LogP contribution in [0.4, 0.5) is 0 Å². The molecule has 104 valence electrons. The van der Waals surface area contributed by atoms with E-state index in [1.165, 1.54) is 6.07 Å². The Morgan fingerprint density at radius 2 is 2.10 bits per heavy atom. The maximum absolute atomic E-state index is 11.8. The Labute approximate surface area is 121 Å². The summed E-state index contributed by atoms with van der Waals surface area (Å²) in [5, 5.41) is 6.56. The SMILES string of the molecule is CC1(C)CC1c1ccccc1Oc1n[nH]c(Cl)cc1=O. The third kappa shape index (κ3) is 2.43. The van der Waals surface area contributed by atoms with Crippen molar-refractivity contribution in [1.82, 2.24) is 10.2 Å². The average molecular weight is 291 g/mol. The first-order valence-electron chi connectivity index (χ1n) is 6.49. The van der Waals surface area contributed by atoms with Crippen molar-refractivity contribution in [3.05, 3.63) is 51.3 Å². The molecule has 1 aliphatic carbocycles. The summed E-state index contributed by atoms with van der Waals surface area (Å²) >= 11 is 5.68. The zero-order valence-electron chi connectivity index (χ0n) is 11.3. The lowest BCUT2D eigenvalue weighted by Gasteiger charge is -2.11. The van der Waals surface area contributed by atoms with Gasteiger partial charge in [0.25, 0.3) is 5.88 Å². The van der Waals surface area contributed by atoms with E-state index >= 15 is 0 Å². The van der Waals surface area contributed by atoms with E-state index in [0.29, 0.717) is 17.1 Å². The molecule has 0 spiro atoms. The second kappa shape index (κ2) is 4.63. The Bertz CT molecular complexity index is 709. The van der Waals surface area contributed by atoms with Gasteiger partial charge in [-0.25, -0.2) is 0 Å². The molecular formula is C15H15ClN2O2. The van der Waals surface area contributed by atoms with Crippen LogP contribution in [-0.4, -0.2) is 10.2 Å². The molecule has 5 heteroatoms. The van der Waals surface area contributed by atoms with Crippen LogP contribution < -0.4 is 10.2 Å². The highest BCUT2D eigenvalue weighted by Gasteiger charge is 2.47. The van der Waals surface area contributed by atoms with Crippen molar-refractivity contribution >= 4 is 11.6 Å². The van der Waals surface area contributed by atoms with Crippen LogP contribution in [0.25, 0.3) is 0 Å². The van der Waals surface area contributed by atoms with Gasteiger partial charge >= 0.3 is 0 Å². The van der Waals surface area contributed by atoms with E-state index in [1.54, 1.807) is 0 Å². The van der Waals surface area contributed by atoms with Crippen molar-refractivity contribution in [1.29, 1.82) is 0 Å². The van der Waals surface area contributed by atoms with E-state index in [1.807, 2.05) is 24.3 Å². The number of benzene rings is 1. The Morgan fingerprint density at radius 1 is 1.40 bits per heavy atom. The first kappa shape index (κ1) is 13.2. The Balaban J connectivity index is 1.94. The minimum atomic E-state index is -0.335. The number of H-pyrrole nitrogens is 1. The molecular weight excluding hydrogens is 276 g/mol. The number of hydrogen-bond acceptors (Lipinski definition) is 3. The fraction of sp³-hybridized carbons (Fsp3) is 0.333. The van der Waals surface area contributed by atoms with E-state index in [-0.39, 0.29) is 16.5 Å². The van der Waals surface area contributed by atoms with Crippen LogP contribution in [0.3, 0.4) is 0 Å². The number of halogens is 1. The normalized spacial score (nSPS) is 19.6. The van der Waals surface area contributed by atoms with Crippen molar-refractivity contribution in [2.45, 2.75) is 26.2 Å². The standard InChI is InChI=1S/C15H15ClN2O2/c1-15(2)8-10(15)9-5-3-4-6-12(9)20-14-11(19)7-13(16)17-18-14/h3-7,10H,8H2,1-2H3,(H,17,19). The second-order valence-electron chi connectivity index (χ2n) is 5.77. The molecule has 3 rings (SSSR count). The highest BCUT2D eigenvalue weighted by Crippen LogP contribution is 2.60. The summed E-state index contributed by atoms with van der Waals surface area (Å²) in [6.07, 6.45) is 1.12. The second-order valence-corrected chi connectivity index (χ2v) is 6.18. The highest BCUT2D eigenvalue weighted by atomic mass is 35.5. The zero-order chi connectivity index (χ0) is 14.3. The van der Waals surface area contributed by atoms with Crippen molar-refractivity contribution in [3.8, 4) is 11.6 Å². The van der Waals surface area contributed by atoms with E-state index < -0.39 is 0 Å². The predicted octanol–water partition coefficient (Wildman–Crippen LogP) is 3.73. The molecule has 0 amide bonds. The molecule has 1 saturated carbocycles. The van der Waals surface area contributed by atoms with E-state index in [2.05, 4.69) is 24.0 Å². The largest absolute Gasteiger partial charge is 0.434 e. The number of nitrogens with one attached hydrogen (secondary N) is 1. The molecule has 0 saturated heterocycles. The van der Waals surface area contributed by atoms with Crippen LogP contribution >= 0.6 is 11.6 Å². The molecule has 0 aliphatic heterocycles. The molecule has 1 aromatic heterocycles. The van der Waals surface area contributed by atoms with Gasteiger partial charge < -0.3 is 4.74 Å². The van der Waals surface area contributed by atoms with Gasteiger partial charge in [-0.2, -0.15) is 0 Å². The summed E-state index contributed by atoms with van der Waals surface area (Å²) in [5.74, 6) is 1.16. The topological polar surface area (TPSA) is 55.0 Å². The van der Waals surface area contributed by atoms with Crippen LogP contribution in [0.15, 0.2) is 35.1 Å². The lowest BCUT2D eigenvalue weighted by Crippen LogP contribution is -2.08. The van der Waals surface area contributed by atoms with Crippen molar-refractivity contribution in [2.75, 3.05) is 0 Å². The van der Waals surface area contributed by atoms with Crippen LogP contribution in [0.2, 0.25) is 5.15 Å². The zero-order valence-corrected chi connectivity index (χ0v) is 12.1. The van der Waals surface area contributed by atoms with Crippen LogP contribution in [0.5, 0.6) is 11.6 Å². The summed E-state index contributed by atoms with van der Waals surface area (Å²) in [6, 6.07) is 9.03. The molecule has 2 aromatic rings. The molecule has 20 heavy (non-hydrogen) atoms. The summed E-state index contributed by atoms with van der Waals surface area (Å²) in [5.41, 5.74) is 1.08. The molecule has 1 aromatic carbocycles. The number of aromatic nitrogens is 2. The number of ether oxygens (including phenoxy) is 1. The first-order chi connectivity index (χ1) is 9.47. The summed E-state index contributed by atoms with van der Waals surface area (Å²) in [7, 11) is 0. The van der Waals surface area contributed by atoms with Gasteiger partial charge in [0, 0.05) is 6.07 Å². The molecule has 0 bridgehead atoms. The van der Waals surface area contributed by atoms with Gasteiger partial charge in [0.1, 0.15) is 10.9 Å². The quantitative estimate of drug-likeness (QED) is 0.937. The third-order valence-corrected chi connectivity index (χ3v) is 3.94.